The molecule has 0 saturated carbocycles. The van der Waals surface area contributed by atoms with Gasteiger partial charge in [0.15, 0.2) is 11.5 Å². The highest BCUT2D eigenvalue weighted by molar-refractivity contribution is 5.95. The van der Waals surface area contributed by atoms with E-state index in [9.17, 15) is 4.79 Å². The van der Waals surface area contributed by atoms with Crippen molar-refractivity contribution in [2.45, 2.75) is 25.8 Å². The minimum atomic E-state index is -0.193. The second-order valence-electron chi connectivity index (χ2n) is 7.14. The highest BCUT2D eigenvalue weighted by Crippen LogP contribution is 2.40. The molecule has 0 aromatic heterocycles. The van der Waals surface area contributed by atoms with E-state index in [2.05, 4.69) is 13.8 Å². The standard InChI is InChI=1S/C21H25NO4/c1-21(2)13-22(20(23)14-7-6-8-16(9-14)24-3)12-15-10-18(25-4)19(26-5)11-17(15)21/h6-11H,12-13H2,1-5H3. The smallest absolute Gasteiger partial charge is 0.254 e. The third kappa shape index (κ3) is 3.21. The quantitative estimate of drug-likeness (QED) is 0.840. The lowest BCUT2D eigenvalue weighted by molar-refractivity contribution is 0.0685. The van der Waals surface area contributed by atoms with E-state index in [0.29, 0.717) is 35.9 Å². The number of ether oxygens (including phenoxy) is 3. The first-order valence-electron chi connectivity index (χ1n) is 8.58. The van der Waals surface area contributed by atoms with Crippen LogP contribution in [0, 0.1) is 0 Å². The summed E-state index contributed by atoms with van der Waals surface area (Å²) in [5, 5.41) is 0. The molecule has 2 aromatic rings. The maximum Gasteiger partial charge on any atom is 0.254 e. The number of nitrogens with zero attached hydrogens (tertiary/aromatic N) is 1. The lowest BCUT2D eigenvalue weighted by Gasteiger charge is -2.40. The Labute approximate surface area is 154 Å². The van der Waals surface area contributed by atoms with Crippen LogP contribution in [0.4, 0.5) is 0 Å². The topological polar surface area (TPSA) is 48.0 Å². The first kappa shape index (κ1) is 18.1. The monoisotopic (exact) mass is 355 g/mol. The molecule has 1 heterocycles. The van der Waals surface area contributed by atoms with Gasteiger partial charge < -0.3 is 19.1 Å². The van der Waals surface area contributed by atoms with Crippen molar-refractivity contribution in [2.24, 2.45) is 0 Å². The van der Waals surface area contributed by atoms with Crippen LogP contribution in [0.1, 0.15) is 35.3 Å². The molecule has 2 aromatic carbocycles. The zero-order valence-corrected chi connectivity index (χ0v) is 16.0. The van der Waals surface area contributed by atoms with Gasteiger partial charge in [0, 0.05) is 24.1 Å². The van der Waals surface area contributed by atoms with Gasteiger partial charge in [-0.05, 0) is 41.5 Å². The van der Waals surface area contributed by atoms with Crippen molar-refractivity contribution >= 4 is 5.91 Å². The van der Waals surface area contributed by atoms with Crippen LogP contribution in [0.2, 0.25) is 0 Å². The summed E-state index contributed by atoms with van der Waals surface area (Å²) in [5.41, 5.74) is 2.70. The molecule has 0 fully saturated rings. The van der Waals surface area contributed by atoms with Gasteiger partial charge in [-0.15, -0.1) is 0 Å². The Morgan fingerprint density at radius 2 is 1.69 bits per heavy atom. The van der Waals surface area contributed by atoms with Crippen LogP contribution in [0.5, 0.6) is 17.2 Å². The average Bonchev–Trinajstić information content (AvgIpc) is 2.65. The molecule has 0 saturated heterocycles. The van der Waals surface area contributed by atoms with Crippen LogP contribution in [0.3, 0.4) is 0 Å². The van der Waals surface area contributed by atoms with Crippen molar-refractivity contribution in [3.63, 3.8) is 0 Å². The molecule has 5 heteroatoms. The number of carbonyl (C=O) groups excluding carboxylic acids is 1. The van der Waals surface area contributed by atoms with Crippen LogP contribution < -0.4 is 14.2 Å². The molecule has 0 N–H and O–H groups in total. The van der Waals surface area contributed by atoms with E-state index in [-0.39, 0.29) is 11.3 Å². The molecular weight excluding hydrogens is 330 g/mol. The molecule has 0 unspecified atom stereocenters. The average molecular weight is 355 g/mol. The van der Waals surface area contributed by atoms with Crippen molar-refractivity contribution in [3.05, 3.63) is 53.1 Å². The molecule has 1 aliphatic heterocycles. The fourth-order valence-corrected chi connectivity index (χ4v) is 3.59. The Balaban J connectivity index is 1.97. The van der Waals surface area contributed by atoms with Crippen molar-refractivity contribution in [1.82, 2.24) is 4.90 Å². The van der Waals surface area contributed by atoms with Crippen LogP contribution in [0.25, 0.3) is 0 Å². The van der Waals surface area contributed by atoms with E-state index in [1.807, 2.05) is 35.2 Å². The Hall–Kier alpha value is -2.69. The summed E-state index contributed by atoms with van der Waals surface area (Å²) >= 11 is 0. The van der Waals surface area contributed by atoms with Crippen LogP contribution in [-0.2, 0) is 12.0 Å². The number of carbonyl (C=O) groups is 1. The Kier molecular flexibility index (Phi) is 4.81. The predicted molar refractivity (Wildman–Crippen MR) is 100 cm³/mol. The molecule has 0 atom stereocenters. The largest absolute Gasteiger partial charge is 0.497 e. The lowest BCUT2D eigenvalue weighted by Crippen LogP contribution is -2.45. The molecule has 0 spiro atoms. The van der Waals surface area contributed by atoms with Crippen molar-refractivity contribution in [2.75, 3.05) is 27.9 Å². The number of hydrogen-bond donors (Lipinski definition) is 0. The number of rotatable bonds is 4. The molecule has 138 valence electrons. The molecule has 5 nitrogen and oxygen atoms in total. The van der Waals surface area contributed by atoms with Gasteiger partial charge in [-0.2, -0.15) is 0 Å². The lowest BCUT2D eigenvalue weighted by atomic mass is 9.78. The van der Waals surface area contributed by atoms with Crippen LogP contribution >= 0.6 is 0 Å². The Morgan fingerprint density at radius 3 is 2.35 bits per heavy atom. The van der Waals surface area contributed by atoms with E-state index >= 15 is 0 Å². The molecule has 26 heavy (non-hydrogen) atoms. The summed E-state index contributed by atoms with van der Waals surface area (Å²) in [7, 11) is 4.86. The summed E-state index contributed by atoms with van der Waals surface area (Å²) in [5.74, 6) is 2.07. The van der Waals surface area contributed by atoms with Gasteiger partial charge >= 0.3 is 0 Å². The third-order valence-corrected chi connectivity index (χ3v) is 4.89. The summed E-state index contributed by atoms with van der Waals surface area (Å²) < 4.78 is 16.1. The van der Waals surface area contributed by atoms with Crippen molar-refractivity contribution in [3.8, 4) is 17.2 Å². The van der Waals surface area contributed by atoms with Crippen molar-refractivity contribution in [1.29, 1.82) is 0 Å². The molecule has 1 amide bonds. The van der Waals surface area contributed by atoms with Gasteiger partial charge in [0.1, 0.15) is 5.75 Å². The van der Waals surface area contributed by atoms with E-state index in [4.69, 9.17) is 14.2 Å². The number of hydrogen-bond acceptors (Lipinski definition) is 4. The number of fused-ring (bicyclic) bond motifs is 1. The van der Waals surface area contributed by atoms with Gasteiger partial charge in [0.2, 0.25) is 0 Å². The van der Waals surface area contributed by atoms with E-state index < -0.39 is 0 Å². The summed E-state index contributed by atoms with van der Waals surface area (Å²) in [6.07, 6.45) is 0. The van der Waals surface area contributed by atoms with Crippen LogP contribution in [-0.4, -0.2) is 38.7 Å². The van der Waals surface area contributed by atoms with Gasteiger partial charge in [0.25, 0.3) is 5.91 Å². The van der Waals surface area contributed by atoms with E-state index in [0.717, 1.165) is 5.56 Å². The molecule has 3 rings (SSSR count). The van der Waals surface area contributed by atoms with Crippen LogP contribution in [0.15, 0.2) is 36.4 Å². The van der Waals surface area contributed by atoms with Gasteiger partial charge in [-0.1, -0.05) is 19.9 Å². The number of benzene rings is 2. The Bertz CT molecular complexity index is 829. The number of methoxy groups -OCH3 is 3. The maximum atomic E-state index is 13.1. The minimum absolute atomic E-state index is 0.00240. The highest BCUT2D eigenvalue weighted by atomic mass is 16.5. The zero-order chi connectivity index (χ0) is 18.9. The molecule has 0 aliphatic carbocycles. The summed E-state index contributed by atoms with van der Waals surface area (Å²) in [4.78, 5) is 14.9. The first-order chi connectivity index (χ1) is 12.4. The fourth-order valence-electron chi connectivity index (χ4n) is 3.59. The second-order valence-corrected chi connectivity index (χ2v) is 7.14. The minimum Gasteiger partial charge on any atom is -0.497 e. The molecule has 1 aliphatic rings. The fraction of sp³-hybridized carbons (Fsp3) is 0.381. The predicted octanol–water partition coefficient (Wildman–Crippen LogP) is 3.65. The van der Waals surface area contributed by atoms with Gasteiger partial charge in [-0.3, -0.25) is 4.79 Å². The highest BCUT2D eigenvalue weighted by Gasteiger charge is 2.35. The summed E-state index contributed by atoms with van der Waals surface area (Å²) in [6.45, 7) is 5.45. The van der Waals surface area contributed by atoms with E-state index in [1.54, 1.807) is 27.4 Å². The maximum absolute atomic E-state index is 13.1. The Morgan fingerprint density at radius 1 is 1.00 bits per heavy atom. The molecule has 0 bridgehead atoms. The molecular formula is C21H25NO4. The summed E-state index contributed by atoms with van der Waals surface area (Å²) in [6, 6.07) is 11.3. The van der Waals surface area contributed by atoms with Gasteiger partial charge in [-0.25, -0.2) is 0 Å². The van der Waals surface area contributed by atoms with E-state index in [1.165, 1.54) is 5.56 Å². The molecule has 0 radical (unpaired) electrons. The SMILES string of the molecule is COc1cccc(C(=O)N2Cc3cc(OC)c(OC)cc3C(C)(C)C2)c1. The van der Waals surface area contributed by atoms with Gasteiger partial charge in [0.05, 0.1) is 21.3 Å². The van der Waals surface area contributed by atoms with Crippen molar-refractivity contribution < 1.29 is 19.0 Å². The normalized spacial score (nSPS) is 15.2. The number of amides is 1. The first-order valence-corrected chi connectivity index (χ1v) is 8.58. The second kappa shape index (κ2) is 6.90. The zero-order valence-electron chi connectivity index (χ0n) is 16.0. The third-order valence-electron chi connectivity index (χ3n) is 4.89.